The molecule has 0 aliphatic carbocycles. The Morgan fingerprint density at radius 3 is 2.21 bits per heavy atom. The van der Waals surface area contributed by atoms with Crippen molar-refractivity contribution < 1.29 is 14.3 Å². The number of ether oxygens (including phenoxy) is 2. The van der Waals surface area contributed by atoms with Gasteiger partial charge in [-0.2, -0.15) is 0 Å². The zero-order valence-electron chi connectivity index (χ0n) is 11.0. The summed E-state index contributed by atoms with van der Waals surface area (Å²) in [7, 11) is 3.00. The van der Waals surface area contributed by atoms with Crippen LogP contribution in [-0.4, -0.2) is 25.1 Å². The van der Waals surface area contributed by atoms with Crippen molar-refractivity contribution >= 4 is 17.1 Å². The molecule has 1 heterocycles. The number of methoxy groups -OCH3 is 2. The summed E-state index contributed by atoms with van der Waals surface area (Å²) in [5.41, 5.74) is 0.162. The van der Waals surface area contributed by atoms with E-state index in [9.17, 15) is 9.59 Å². The molecule has 1 aromatic carbocycles. The van der Waals surface area contributed by atoms with Gasteiger partial charge in [0.2, 0.25) is 6.29 Å². The van der Waals surface area contributed by atoms with Gasteiger partial charge in [0, 0.05) is 18.1 Å². The van der Waals surface area contributed by atoms with Crippen molar-refractivity contribution in [3.8, 4) is 11.5 Å². The molecule has 0 N–H and O–H groups in total. The Morgan fingerprint density at radius 2 is 1.74 bits per heavy atom. The van der Waals surface area contributed by atoms with Gasteiger partial charge >= 0.3 is 0 Å². The predicted octanol–water partition coefficient (Wildman–Crippen LogP) is 1.50. The number of benzene rings is 1. The van der Waals surface area contributed by atoms with Crippen LogP contribution in [0.3, 0.4) is 0 Å². The van der Waals surface area contributed by atoms with Gasteiger partial charge in [-0.25, -0.2) is 0 Å². The first kappa shape index (κ1) is 13.1. The van der Waals surface area contributed by atoms with E-state index in [1.54, 1.807) is 12.1 Å². The van der Waals surface area contributed by atoms with Crippen molar-refractivity contribution in [3.05, 3.63) is 34.2 Å². The molecule has 5 heteroatoms. The second-order valence-electron chi connectivity index (χ2n) is 3.99. The SMILES string of the molecule is CCn1cc([C]=O)c2cc(OC)c(OC)cc2c1=O. The summed E-state index contributed by atoms with van der Waals surface area (Å²) in [6.07, 6.45) is 3.36. The number of rotatable bonds is 4. The molecule has 0 saturated heterocycles. The molecule has 5 nitrogen and oxygen atoms in total. The molecular formula is C14H14NO4. The van der Waals surface area contributed by atoms with Crippen LogP contribution in [0, 0.1) is 0 Å². The molecule has 0 fully saturated rings. The van der Waals surface area contributed by atoms with Crippen molar-refractivity contribution in [2.24, 2.45) is 0 Å². The van der Waals surface area contributed by atoms with Gasteiger partial charge in [0.15, 0.2) is 11.5 Å². The zero-order chi connectivity index (χ0) is 14.0. The lowest BCUT2D eigenvalue weighted by Crippen LogP contribution is -2.20. The molecule has 0 bridgehead atoms. The minimum absolute atomic E-state index is 0.169. The quantitative estimate of drug-likeness (QED) is 0.835. The Hall–Kier alpha value is -2.30. The lowest BCUT2D eigenvalue weighted by atomic mass is 10.1. The maximum absolute atomic E-state index is 12.2. The molecule has 99 valence electrons. The van der Waals surface area contributed by atoms with Crippen LogP contribution in [-0.2, 0) is 11.3 Å². The van der Waals surface area contributed by atoms with Gasteiger partial charge < -0.3 is 14.0 Å². The van der Waals surface area contributed by atoms with E-state index in [2.05, 4.69) is 0 Å². The average molecular weight is 260 g/mol. The molecule has 0 atom stereocenters. The number of fused-ring (bicyclic) bond motifs is 1. The summed E-state index contributed by atoms with van der Waals surface area (Å²) >= 11 is 0. The fourth-order valence-electron chi connectivity index (χ4n) is 2.03. The molecule has 2 aromatic rings. The standard InChI is InChI=1S/C14H14NO4/c1-4-15-7-9(8-16)10-5-12(18-2)13(19-3)6-11(10)14(15)17/h5-7H,4H2,1-3H3. The van der Waals surface area contributed by atoms with E-state index in [0.29, 0.717) is 34.4 Å². The largest absolute Gasteiger partial charge is 0.493 e. The number of aromatic nitrogens is 1. The van der Waals surface area contributed by atoms with E-state index in [4.69, 9.17) is 9.47 Å². The molecular weight excluding hydrogens is 246 g/mol. The summed E-state index contributed by atoms with van der Waals surface area (Å²) in [6, 6.07) is 3.21. The predicted molar refractivity (Wildman–Crippen MR) is 71.8 cm³/mol. The third-order valence-corrected chi connectivity index (χ3v) is 3.04. The highest BCUT2D eigenvalue weighted by Gasteiger charge is 2.13. The van der Waals surface area contributed by atoms with Crippen LogP contribution in [0.15, 0.2) is 23.1 Å². The van der Waals surface area contributed by atoms with Crippen molar-refractivity contribution in [1.82, 2.24) is 4.57 Å². The van der Waals surface area contributed by atoms with Crippen molar-refractivity contribution in [3.63, 3.8) is 0 Å². The van der Waals surface area contributed by atoms with Gasteiger partial charge in [-0.15, -0.1) is 0 Å². The molecule has 0 spiro atoms. The van der Waals surface area contributed by atoms with Gasteiger partial charge in [0.1, 0.15) is 0 Å². The van der Waals surface area contributed by atoms with E-state index in [0.717, 1.165) is 0 Å². The van der Waals surface area contributed by atoms with Crippen LogP contribution in [0.4, 0.5) is 0 Å². The summed E-state index contributed by atoms with van der Waals surface area (Å²) in [5.74, 6) is 0.929. The monoisotopic (exact) mass is 260 g/mol. The molecule has 1 radical (unpaired) electrons. The number of aryl methyl sites for hydroxylation is 1. The molecule has 19 heavy (non-hydrogen) atoms. The van der Waals surface area contributed by atoms with E-state index in [1.807, 2.05) is 13.2 Å². The fraction of sp³-hybridized carbons (Fsp3) is 0.286. The second kappa shape index (κ2) is 5.14. The number of hydrogen-bond donors (Lipinski definition) is 0. The van der Waals surface area contributed by atoms with Crippen molar-refractivity contribution in [2.75, 3.05) is 14.2 Å². The third kappa shape index (κ3) is 2.07. The first-order valence-corrected chi connectivity index (χ1v) is 5.83. The summed E-state index contributed by atoms with van der Waals surface area (Å²) < 4.78 is 11.8. The van der Waals surface area contributed by atoms with Gasteiger partial charge in [-0.3, -0.25) is 9.59 Å². The fourth-order valence-corrected chi connectivity index (χ4v) is 2.03. The van der Waals surface area contributed by atoms with Crippen LogP contribution in [0.25, 0.3) is 10.8 Å². The number of nitrogens with zero attached hydrogens (tertiary/aromatic N) is 1. The van der Waals surface area contributed by atoms with Crippen LogP contribution in [0.5, 0.6) is 11.5 Å². The molecule has 2 rings (SSSR count). The molecule has 0 saturated carbocycles. The summed E-state index contributed by atoms with van der Waals surface area (Å²) in [6.45, 7) is 2.32. The third-order valence-electron chi connectivity index (χ3n) is 3.04. The Morgan fingerprint density at radius 1 is 1.16 bits per heavy atom. The Kier molecular flexibility index (Phi) is 3.55. The second-order valence-corrected chi connectivity index (χ2v) is 3.99. The van der Waals surface area contributed by atoms with Gasteiger partial charge in [-0.05, 0) is 19.1 Å². The smallest absolute Gasteiger partial charge is 0.258 e. The zero-order valence-corrected chi connectivity index (χ0v) is 11.0. The normalized spacial score (nSPS) is 10.5. The molecule has 0 aliphatic rings. The van der Waals surface area contributed by atoms with Crippen molar-refractivity contribution in [2.45, 2.75) is 13.5 Å². The number of pyridine rings is 1. The molecule has 0 unspecified atom stereocenters. The van der Waals surface area contributed by atoms with E-state index >= 15 is 0 Å². The van der Waals surface area contributed by atoms with Crippen molar-refractivity contribution in [1.29, 1.82) is 0 Å². The highest BCUT2D eigenvalue weighted by Crippen LogP contribution is 2.31. The van der Waals surface area contributed by atoms with Crippen LogP contribution < -0.4 is 15.0 Å². The maximum Gasteiger partial charge on any atom is 0.258 e. The highest BCUT2D eigenvalue weighted by atomic mass is 16.5. The number of hydrogen-bond acceptors (Lipinski definition) is 4. The maximum atomic E-state index is 12.2. The van der Waals surface area contributed by atoms with Crippen LogP contribution in [0.1, 0.15) is 12.5 Å². The van der Waals surface area contributed by atoms with Crippen LogP contribution >= 0.6 is 0 Å². The van der Waals surface area contributed by atoms with Gasteiger partial charge in [0.05, 0.1) is 25.2 Å². The minimum Gasteiger partial charge on any atom is -0.493 e. The Bertz CT molecular complexity index is 688. The molecule has 0 amide bonds. The van der Waals surface area contributed by atoms with E-state index in [-0.39, 0.29) is 5.56 Å². The minimum atomic E-state index is -0.169. The lowest BCUT2D eigenvalue weighted by molar-refractivity contribution is 0.356. The van der Waals surface area contributed by atoms with E-state index in [1.165, 1.54) is 25.0 Å². The molecule has 1 aromatic heterocycles. The highest BCUT2D eigenvalue weighted by molar-refractivity contribution is 5.99. The lowest BCUT2D eigenvalue weighted by Gasteiger charge is -2.11. The average Bonchev–Trinajstić information content (AvgIpc) is 2.46. The van der Waals surface area contributed by atoms with Crippen LogP contribution in [0.2, 0.25) is 0 Å². The summed E-state index contributed by atoms with van der Waals surface area (Å²) in [4.78, 5) is 23.3. The summed E-state index contributed by atoms with van der Waals surface area (Å²) in [5, 5.41) is 0.933. The Labute approximate surface area is 110 Å². The van der Waals surface area contributed by atoms with Gasteiger partial charge in [-0.1, -0.05) is 0 Å². The first-order valence-electron chi connectivity index (χ1n) is 5.83. The van der Waals surface area contributed by atoms with E-state index < -0.39 is 0 Å². The Balaban J connectivity index is 2.93. The van der Waals surface area contributed by atoms with Gasteiger partial charge in [0.25, 0.3) is 5.56 Å². The number of carbonyl (C=O) groups excluding carboxylic acids is 1. The topological polar surface area (TPSA) is 57.5 Å². The molecule has 0 aliphatic heterocycles. The first-order chi connectivity index (χ1) is 9.15.